The lowest BCUT2D eigenvalue weighted by Gasteiger charge is -2.06. The Morgan fingerprint density at radius 3 is 2.73 bits per heavy atom. The van der Waals surface area contributed by atoms with Crippen molar-refractivity contribution in [2.75, 3.05) is 6.54 Å². The number of nitrogens with one attached hydrogen (secondary N) is 1. The van der Waals surface area contributed by atoms with Gasteiger partial charge in [0.1, 0.15) is 4.90 Å². The van der Waals surface area contributed by atoms with Crippen LogP contribution in [0.5, 0.6) is 0 Å². The summed E-state index contributed by atoms with van der Waals surface area (Å²) in [5.74, 6) is 0. The van der Waals surface area contributed by atoms with E-state index in [2.05, 4.69) is 27.2 Å². The molecule has 0 saturated carbocycles. The third-order valence-electron chi connectivity index (χ3n) is 1.60. The normalized spacial score (nSPS) is 11.3. The maximum atomic E-state index is 11.7. The zero-order valence-corrected chi connectivity index (χ0v) is 10.9. The summed E-state index contributed by atoms with van der Waals surface area (Å²) in [6, 6.07) is 4.59. The summed E-state index contributed by atoms with van der Waals surface area (Å²) in [6.07, 6.45) is 1.46. The second kappa shape index (κ2) is 5.12. The van der Waals surface area contributed by atoms with Crippen LogP contribution in [0.15, 0.2) is 40.2 Å². The fourth-order valence-corrected chi connectivity index (χ4v) is 2.97. The van der Waals surface area contributed by atoms with Crippen LogP contribution in [0.4, 0.5) is 0 Å². The Bertz CT molecular complexity index is 473. The molecule has 0 unspecified atom stereocenters. The molecule has 82 valence electrons. The Labute approximate surface area is 102 Å². The van der Waals surface area contributed by atoms with Crippen molar-refractivity contribution in [3.8, 4) is 0 Å². The summed E-state index contributed by atoms with van der Waals surface area (Å²) in [4.78, 5) is 0.0641. The smallest absolute Gasteiger partial charge is 0.207 e. The van der Waals surface area contributed by atoms with E-state index in [0.717, 1.165) is 4.47 Å². The van der Waals surface area contributed by atoms with Crippen LogP contribution < -0.4 is 4.72 Å². The van der Waals surface area contributed by atoms with Crippen LogP contribution in [-0.4, -0.2) is 15.0 Å². The van der Waals surface area contributed by atoms with Crippen molar-refractivity contribution in [2.24, 2.45) is 0 Å². The number of rotatable bonds is 4. The molecule has 0 aromatic heterocycles. The van der Waals surface area contributed by atoms with E-state index < -0.39 is 10.0 Å². The number of hydrogen-bond acceptors (Lipinski definition) is 2. The largest absolute Gasteiger partial charge is 0.242 e. The first-order valence-corrected chi connectivity index (χ1v) is 6.68. The van der Waals surface area contributed by atoms with Crippen molar-refractivity contribution in [2.45, 2.75) is 4.90 Å². The maximum Gasteiger partial charge on any atom is 0.242 e. The average Bonchev–Trinajstić information content (AvgIpc) is 2.14. The van der Waals surface area contributed by atoms with Crippen LogP contribution in [0, 0.1) is 0 Å². The molecule has 3 nitrogen and oxygen atoms in total. The van der Waals surface area contributed by atoms with Gasteiger partial charge in [0.2, 0.25) is 10.0 Å². The lowest BCUT2D eigenvalue weighted by atomic mass is 10.4. The average molecular weight is 311 g/mol. The standard InChI is InChI=1S/C9H9BrClNO2S/c1-2-5-12-15(13,14)9-4-3-7(10)6-8(9)11/h2-4,6,12H,1,5H2. The van der Waals surface area contributed by atoms with Gasteiger partial charge in [-0.3, -0.25) is 0 Å². The summed E-state index contributed by atoms with van der Waals surface area (Å²) in [5, 5.41) is 0.181. The monoisotopic (exact) mass is 309 g/mol. The van der Waals surface area contributed by atoms with Crippen LogP contribution >= 0.6 is 27.5 Å². The van der Waals surface area contributed by atoms with Crippen LogP contribution in [0.25, 0.3) is 0 Å². The van der Waals surface area contributed by atoms with E-state index in [1.54, 1.807) is 6.07 Å². The highest BCUT2D eigenvalue weighted by Gasteiger charge is 2.16. The van der Waals surface area contributed by atoms with E-state index in [1.165, 1.54) is 18.2 Å². The second-order valence-electron chi connectivity index (χ2n) is 2.72. The Balaban J connectivity index is 3.10. The van der Waals surface area contributed by atoms with Gasteiger partial charge in [0.25, 0.3) is 0 Å². The Hall–Kier alpha value is -0.360. The van der Waals surface area contributed by atoms with Crippen molar-refractivity contribution in [3.63, 3.8) is 0 Å². The Morgan fingerprint density at radius 1 is 1.53 bits per heavy atom. The highest BCUT2D eigenvalue weighted by Crippen LogP contribution is 2.24. The van der Waals surface area contributed by atoms with Crippen molar-refractivity contribution < 1.29 is 8.42 Å². The predicted molar refractivity (Wildman–Crippen MR) is 64.5 cm³/mol. The van der Waals surface area contributed by atoms with E-state index in [1.807, 2.05) is 0 Å². The van der Waals surface area contributed by atoms with Crippen molar-refractivity contribution in [3.05, 3.63) is 40.3 Å². The summed E-state index contributed by atoms with van der Waals surface area (Å²) >= 11 is 9.02. The molecule has 0 aliphatic carbocycles. The quantitative estimate of drug-likeness (QED) is 0.869. The van der Waals surface area contributed by atoms with Gasteiger partial charge in [-0.1, -0.05) is 33.6 Å². The highest BCUT2D eigenvalue weighted by atomic mass is 79.9. The zero-order valence-electron chi connectivity index (χ0n) is 7.70. The lowest BCUT2D eigenvalue weighted by molar-refractivity contribution is 0.585. The zero-order chi connectivity index (χ0) is 11.5. The molecule has 0 aliphatic heterocycles. The molecule has 0 spiro atoms. The Kier molecular flexibility index (Phi) is 4.33. The molecule has 0 fully saturated rings. The molecule has 0 radical (unpaired) electrons. The first kappa shape index (κ1) is 12.7. The minimum Gasteiger partial charge on any atom is -0.207 e. The summed E-state index contributed by atoms with van der Waals surface area (Å²) in [7, 11) is -3.54. The predicted octanol–water partition coefficient (Wildman–Crippen LogP) is 2.57. The summed E-state index contributed by atoms with van der Waals surface area (Å²) in [6.45, 7) is 3.60. The molecule has 0 heterocycles. The lowest BCUT2D eigenvalue weighted by Crippen LogP contribution is -2.23. The second-order valence-corrected chi connectivity index (χ2v) is 5.77. The van der Waals surface area contributed by atoms with Crippen LogP contribution in [-0.2, 0) is 10.0 Å². The molecular weight excluding hydrogens is 302 g/mol. The maximum absolute atomic E-state index is 11.7. The number of sulfonamides is 1. The van der Waals surface area contributed by atoms with E-state index in [4.69, 9.17) is 11.6 Å². The molecule has 1 rings (SSSR count). The van der Waals surface area contributed by atoms with Crippen molar-refractivity contribution in [1.82, 2.24) is 4.72 Å². The van der Waals surface area contributed by atoms with Crippen LogP contribution in [0.3, 0.4) is 0 Å². The third-order valence-corrected chi connectivity index (χ3v) is 4.00. The van der Waals surface area contributed by atoms with Gasteiger partial charge in [-0.2, -0.15) is 0 Å². The molecule has 0 bridgehead atoms. The summed E-state index contributed by atoms with van der Waals surface area (Å²) in [5.41, 5.74) is 0. The van der Waals surface area contributed by atoms with E-state index >= 15 is 0 Å². The molecule has 0 atom stereocenters. The SMILES string of the molecule is C=CCNS(=O)(=O)c1ccc(Br)cc1Cl. The van der Waals surface area contributed by atoms with E-state index in [-0.39, 0.29) is 16.5 Å². The number of hydrogen-bond donors (Lipinski definition) is 1. The Morgan fingerprint density at radius 2 is 2.20 bits per heavy atom. The molecule has 0 amide bonds. The van der Waals surface area contributed by atoms with Crippen molar-refractivity contribution >= 4 is 37.6 Å². The van der Waals surface area contributed by atoms with Gasteiger partial charge < -0.3 is 0 Å². The molecule has 1 aromatic carbocycles. The number of halogens is 2. The molecule has 0 aliphatic rings. The van der Waals surface area contributed by atoms with Gasteiger partial charge in [-0.25, -0.2) is 13.1 Å². The molecule has 6 heteroatoms. The minimum atomic E-state index is -3.54. The first-order chi connectivity index (χ1) is 6.97. The fourth-order valence-electron chi connectivity index (χ4n) is 0.940. The molecule has 0 saturated heterocycles. The van der Waals surface area contributed by atoms with Crippen LogP contribution in [0.1, 0.15) is 0 Å². The first-order valence-electron chi connectivity index (χ1n) is 4.03. The summed E-state index contributed by atoms with van der Waals surface area (Å²) < 4.78 is 26.4. The minimum absolute atomic E-state index is 0.0641. The number of benzene rings is 1. The van der Waals surface area contributed by atoms with Gasteiger partial charge in [0.15, 0.2) is 0 Å². The van der Waals surface area contributed by atoms with E-state index in [9.17, 15) is 8.42 Å². The molecule has 15 heavy (non-hydrogen) atoms. The van der Waals surface area contributed by atoms with Crippen LogP contribution in [0.2, 0.25) is 5.02 Å². The van der Waals surface area contributed by atoms with Gasteiger partial charge in [0.05, 0.1) is 5.02 Å². The molecule has 1 N–H and O–H groups in total. The van der Waals surface area contributed by atoms with Gasteiger partial charge in [-0.05, 0) is 18.2 Å². The fraction of sp³-hybridized carbons (Fsp3) is 0.111. The van der Waals surface area contributed by atoms with Crippen molar-refractivity contribution in [1.29, 1.82) is 0 Å². The molecule has 1 aromatic rings. The third kappa shape index (κ3) is 3.31. The van der Waals surface area contributed by atoms with Gasteiger partial charge in [0, 0.05) is 11.0 Å². The topological polar surface area (TPSA) is 46.2 Å². The van der Waals surface area contributed by atoms with Gasteiger partial charge in [-0.15, -0.1) is 6.58 Å². The highest BCUT2D eigenvalue weighted by molar-refractivity contribution is 9.10. The molecular formula is C9H9BrClNO2S. The van der Waals surface area contributed by atoms with Gasteiger partial charge >= 0.3 is 0 Å². The van der Waals surface area contributed by atoms with E-state index in [0.29, 0.717) is 0 Å².